The highest BCUT2D eigenvalue weighted by Gasteiger charge is 2.19. The number of aliphatic hydroxyl groups excluding tert-OH is 1. The first kappa shape index (κ1) is 21.4. The fourth-order valence-electron chi connectivity index (χ4n) is 4.50. The Balaban J connectivity index is 1.36. The first-order chi connectivity index (χ1) is 16.2. The van der Waals surface area contributed by atoms with Crippen molar-refractivity contribution >= 4 is 0 Å². The van der Waals surface area contributed by atoms with Crippen molar-refractivity contribution < 1.29 is 9.84 Å². The molecular formula is C29H28N2O2. The van der Waals surface area contributed by atoms with Gasteiger partial charge in [0.1, 0.15) is 18.5 Å². The lowest BCUT2D eigenvalue weighted by Gasteiger charge is -2.20. The van der Waals surface area contributed by atoms with Crippen molar-refractivity contribution in [2.45, 2.75) is 26.1 Å². The SMILES string of the molecule is Cc1ccccc1-c1cccc(CN2CCOc3ccc(C(O)c4cccnc4)cc3C2)c1. The van der Waals surface area contributed by atoms with Gasteiger partial charge in [0.2, 0.25) is 0 Å². The summed E-state index contributed by atoms with van der Waals surface area (Å²) in [4.78, 5) is 6.54. The average molecular weight is 437 g/mol. The second-order valence-corrected chi connectivity index (χ2v) is 8.63. The normalized spacial score (nSPS) is 14.7. The molecule has 4 heteroatoms. The maximum absolute atomic E-state index is 10.8. The molecule has 4 aromatic rings. The number of hydrogen-bond acceptors (Lipinski definition) is 4. The van der Waals surface area contributed by atoms with E-state index in [1.165, 1.54) is 22.3 Å². The van der Waals surface area contributed by atoms with Crippen molar-refractivity contribution in [2.24, 2.45) is 0 Å². The van der Waals surface area contributed by atoms with E-state index in [9.17, 15) is 5.11 Å². The summed E-state index contributed by atoms with van der Waals surface area (Å²) in [6.07, 6.45) is 2.72. The molecule has 1 unspecified atom stereocenters. The monoisotopic (exact) mass is 436 g/mol. The van der Waals surface area contributed by atoms with E-state index in [1.807, 2.05) is 24.3 Å². The summed E-state index contributed by atoms with van der Waals surface area (Å²) in [5, 5.41) is 10.8. The molecule has 0 spiro atoms. The van der Waals surface area contributed by atoms with E-state index in [-0.39, 0.29) is 0 Å². The summed E-state index contributed by atoms with van der Waals surface area (Å²) in [5.74, 6) is 0.897. The number of benzene rings is 3. The van der Waals surface area contributed by atoms with Crippen LogP contribution in [-0.4, -0.2) is 28.1 Å². The number of fused-ring (bicyclic) bond motifs is 1. The predicted octanol–water partition coefficient (Wildman–Crippen LogP) is 5.53. The zero-order valence-electron chi connectivity index (χ0n) is 18.8. The second kappa shape index (κ2) is 9.57. The molecule has 1 aliphatic heterocycles. The molecule has 0 radical (unpaired) electrons. The van der Waals surface area contributed by atoms with Gasteiger partial charge in [-0.25, -0.2) is 0 Å². The van der Waals surface area contributed by atoms with Crippen molar-refractivity contribution in [3.8, 4) is 16.9 Å². The largest absolute Gasteiger partial charge is 0.492 e. The first-order valence-corrected chi connectivity index (χ1v) is 11.4. The van der Waals surface area contributed by atoms with Gasteiger partial charge in [-0.15, -0.1) is 0 Å². The van der Waals surface area contributed by atoms with E-state index in [1.54, 1.807) is 12.4 Å². The molecule has 2 heterocycles. The van der Waals surface area contributed by atoms with Gasteiger partial charge in [0.25, 0.3) is 0 Å². The van der Waals surface area contributed by atoms with Crippen LogP contribution in [0.1, 0.15) is 33.9 Å². The molecule has 4 nitrogen and oxygen atoms in total. The third kappa shape index (κ3) is 4.82. The third-order valence-corrected chi connectivity index (χ3v) is 6.25. The van der Waals surface area contributed by atoms with Crippen LogP contribution in [0.4, 0.5) is 0 Å². The van der Waals surface area contributed by atoms with Crippen molar-refractivity contribution in [3.05, 3.63) is 119 Å². The quantitative estimate of drug-likeness (QED) is 0.447. The van der Waals surface area contributed by atoms with E-state index >= 15 is 0 Å². The minimum atomic E-state index is -0.702. The van der Waals surface area contributed by atoms with Crippen LogP contribution >= 0.6 is 0 Å². The molecule has 166 valence electrons. The Morgan fingerprint density at radius 3 is 2.73 bits per heavy atom. The Hall–Kier alpha value is -3.47. The topological polar surface area (TPSA) is 45.6 Å². The first-order valence-electron chi connectivity index (χ1n) is 11.4. The number of nitrogens with zero attached hydrogens (tertiary/aromatic N) is 2. The van der Waals surface area contributed by atoms with E-state index < -0.39 is 6.10 Å². The molecule has 0 fully saturated rings. The minimum absolute atomic E-state index is 0.648. The Labute approximate surface area is 195 Å². The fourth-order valence-corrected chi connectivity index (χ4v) is 4.50. The van der Waals surface area contributed by atoms with Gasteiger partial charge in [-0.2, -0.15) is 0 Å². The van der Waals surface area contributed by atoms with Gasteiger partial charge in [-0.3, -0.25) is 9.88 Å². The Morgan fingerprint density at radius 2 is 1.88 bits per heavy atom. The highest BCUT2D eigenvalue weighted by molar-refractivity contribution is 5.67. The summed E-state index contributed by atoms with van der Waals surface area (Å²) in [6, 6.07) is 27.0. The van der Waals surface area contributed by atoms with Crippen LogP contribution in [0.5, 0.6) is 5.75 Å². The molecule has 3 aromatic carbocycles. The standard InChI is InChI=1S/C29H28N2O2/c1-21-6-2-3-10-27(21)23-8-4-7-22(16-23)19-31-14-15-33-28-12-11-24(17-26(28)20-31)29(32)25-9-5-13-30-18-25/h2-13,16-18,29,32H,14-15,19-20H2,1H3. The Bertz CT molecular complexity index is 1240. The summed E-state index contributed by atoms with van der Waals surface area (Å²) >= 11 is 0. The lowest BCUT2D eigenvalue weighted by atomic mass is 9.98. The Kier molecular flexibility index (Phi) is 6.20. The zero-order chi connectivity index (χ0) is 22.6. The minimum Gasteiger partial charge on any atom is -0.492 e. The molecule has 0 amide bonds. The molecule has 33 heavy (non-hydrogen) atoms. The van der Waals surface area contributed by atoms with Crippen molar-refractivity contribution in [2.75, 3.05) is 13.2 Å². The van der Waals surface area contributed by atoms with Crippen molar-refractivity contribution in [1.82, 2.24) is 9.88 Å². The summed E-state index contributed by atoms with van der Waals surface area (Å²) in [7, 11) is 0. The van der Waals surface area contributed by atoms with Crippen LogP contribution in [0.25, 0.3) is 11.1 Å². The molecule has 0 bridgehead atoms. The average Bonchev–Trinajstić information content (AvgIpc) is 3.05. The molecule has 0 saturated heterocycles. The fraction of sp³-hybridized carbons (Fsp3) is 0.207. The maximum atomic E-state index is 10.8. The van der Waals surface area contributed by atoms with Gasteiger partial charge < -0.3 is 9.84 Å². The number of aryl methyl sites for hydroxylation is 1. The van der Waals surface area contributed by atoms with E-state index in [0.29, 0.717) is 6.61 Å². The van der Waals surface area contributed by atoms with E-state index in [4.69, 9.17) is 4.74 Å². The predicted molar refractivity (Wildman–Crippen MR) is 131 cm³/mol. The smallest absolute Gasteiger partial charge is 0.123 e. The van der Waals surface area contributed by atoms with Crippen molar-refractivity contribution in [1.29, 1.82) is 0 Å². The molecule has 5 rings (SSSR count). The van der Waals surface area contributed by atoms with E-state index in [2.05, 4.69) is 71.4 Å². The summed E-state index contributed by atoms with van der Waals surface area (Å²) < 4.78 is 6.03. The number of rotatable bonds is 5. The number of aromatic nitrogens is 1. The third-order valence-electron chi connectivity index (χ3n) is 6.25. The highest BCUT2D eigenvalue weighted by Crippen LogP contribution is 2.30. The van der Waals surface area contributed by atoms with Crippen LogP contribution in [-0.2, 0) is 13.1 Å². The molecule has 1 aromatic heterocycles. The zero-order valence-corrected chi connectivity index (χ0v) is 18.8. The van der Waals surface area contributed by atoms with Gasteiger partial charge in [-0.05, 0) is 59.0 Å². The number of pyridine rings is 1. The molecule has 1 aliphatic rings. The van der Waals surface area contributed by atoms with E-state index in [0.717, 1.165) is 42.1 Å². The lowest BCUT2D eigenvalue weighted by Crippen LogP contribution is -2.25. The molecular weight excluding hydrogens is 408 g/mol. The number of hydrogen-bond donors (Lipinski definition) is 1. The second-order valence-electron chi connectivity index (χ2n) is 8.63. The van der Waals surface area contributed by atoms with Crippen LogP contribution in [0, 0.1) is 6.92 Å². The van der Waals surface area contributed by atoms with Gasteiger partial charge >= 0.3 is 0 Å². The van der Waals surface area contributed by atoms with Crippen molar-refractivity contribution in [3.63, 3.8) is 0 Å². The lowest BCUT2D eigenvalue weighted by molar-refractivity contribution is 0.218. The number of aliphatic hydroxyl groups is 1. The van der Waals surface area contributed by atoms with Crippen LogP contribution in [0.15, 0.2) is 91.3 Å². The molecule has 0 aliphatic carbocycles. The summed E-state index contributed by atoms with van der Waals surface area (Å²) in [5.41, 5.74) is 7.84. The molecule has 0 saturated carbocycles. The highest BCUT2D eigenvalue weighted by atomic mass is 16.5. The van der Waals surface area contributed by atoms with Gasteiger partial charge in [0.05, 0.1) is 0 Å². The van der Waals surface area contributed by atoms with Crippen LogP contribution in [0.2, 0.25) is 0 Å². The molecule has 1 atom stereocenters. The van der Waals surface area contributed by atoms with Gasteiger partial charge in [0.15, 0.2) is 0 Å². The number of ether oxygens (including phenoxy) is 1. The van der Waals surface area contributed by atoms with Gasteiger partial charge in [-0.1, -0.05) is 54.6 Å². The maximum Gasteiger partial charge on any atom is 0.123 e. The van der Waals surface area contributed by atoms with Gasteiger partial charge in [0, 0.05) is 43.2 Å². The van der Waals surface area contributed by atoms with Crippen LogP contribution in [0.3, 0.4) is 0 Å². The van der Waals surface area contributed by atoms with Crippen LogP contribution < -0.4 is 4.74 Å². The molecule has 1 N–H and O–H groups in total. The summed E-state index contributed by atoms with van der Waals surface area (Å²) in [6.45, 7) is 5.27. The Morgan fingerprint density at radius 1 is 0.970 bits per heavy atom.